The Balaban J connectivity index is 2.51. The van der Waals surface area contributed by atoms with Gasteiger partial charge >= 0.3 is 6.09 Å². The number of hydrogen-bond acceptors (Lipinski definition) is 3. The summed E-state index contributed by atoms with van der Waals surface area (Å²) < 4.78 is 4.73. The number of nitrogens with one attached hydrogen (secondary N) is 1. The van der Waals surface area contributed by atoms with Gasteiger partial charge in [0.15, 0.2) is 0 Å². The normalized spacial score (nSPS) is 11.9. The minimum absolute atomic E-state index is 0.0212. The first-order chi connectivity index (χ1) is 8.17. The van der Waals surface area contributed by atoms with Crippen LogP contribution in [0, 0.1) is 0 Å². The van der Waals surface area contributed by atoms with Gasteiger partial charge in [-0.2, -0.15) is 0 Å². The van der Waals surface area contributed by atoms with E-state index < -0.39 is 6.09 Å². The van der Waals surface area contributed by atoms with Gasteiger partial charge in [-0.3, -0.25) is 0 Å². The maximum atomic E-state index is 11.3. The number of aliphatic hydroxyl groups is 1. The summed E-state index contributed by atoms with van der Waals surface area (Å²) in [5.41, 5.74) is 2.30. The lowest BCUT2D eigenvalue weighted by Gasteiger charge is -2.14. The molecule has 1 rings (SSSR count). The standard InChI is InChI=1S/C13H19NO3/c1-3-11-4-6-12(7-5-11)10(2)14-13(16)17-9-8-15/h4-7,10,15H,3,8-9H2,1-2H3,(H,14,16). The minimum atomic E-state index is -0.508. The lowest BCUT2D eigenvalue weighted by molar-refractivity contribution is 0.116. The van der Waals surface area contributed by atoms with Crippen LogP contribution < -0.4 is 5.32 Å². The molecule has 1 unspecified atom stereocenters. The lowest BCUT2D eigenvalue weighted by atomic mass is 10.1. The van der Waals surface area contributed by atoms with Crippen LogP contribution in [0.15, 0.2) is 24.3 Å². The summed E-state index contributed by atoms with van der Waals surface area (Å²) in [4.78, 5) is 11.3. The van der Waals surface area contributed by atoms with E-state index in [9.17, 15) is 4.79 Å². The van der Waals surface area contributed by atoms with E-state index in [1.807, 2.05) is 31.2 Å². The number of aryl methyl sites for hydroxylation is 1. The fourth-order valence-electron chi connectivity index (χ4n) is 1.48. The largest absolute Gasteiger partial charge is 0.447 e. The number of alkyl carbamates (subject to hydrolysis) is 1. The van der Waals surface area contributed by atoms with E-state index in [-0.39, 0.29) is 19.3 Å². The molecule has 4 nitrogen and oxygen atoms in total. The number of ether oxygens (including phenoxy) is 1. The molecule has 0 radical (unpaired) electrons. The van der Waals surface area contributed by atoms with Crippen molar-refractivity contribution in [3.63, 3.8) is 0 Å². The van der Waals surface area contributed by atoms with Crippen molar-refractivity contribution in [1.29, 1.82) is 0 Å². The second kappa shape index (κ2) is 6.91. The number of rotatable bonds is 5. The van der Waals surface area contributed by atoms with Crippen LogP contribution in [-0.2, 0) is 11.2 Å². The summed E-state index contributed by atoms with van der Waals surface area (Å²) in [7, 11) is 0. The van der Waals surface area contributed by atoms with Crippen LogP contribution >= 0.6 is 0 Å². The number of amides is 1. The summed E-state index contributed by atoms with van der Waals surface area (Å²) >= 11 is 0. The smallest absolute Gasteiger partial charge is 0.407 e. The van der Waals surface area contributed by atoms with Crippen molar-refractivity contribution in [3.8, 4) is 0 Å². The number of carbonyl (C=O) groups is 1. The highest BCUT2D eigenvalue weighted by molar-refractivity contribution is 5.67. The molecule has 1 aromatic rings. The van der Waals surface area contributed by atoms with E-state index in [1.54, 1.807) is 0 Å². The Morgan fingerprint density at radius 1 is 1.41 bits per heavy atom. The van der Waals surface area contributed by atoms with Crippen LogP contribution in [0.2, 0.25) is 0 Å². The fourth-order valence-corrected chi connectivity index (χ4v) is 1.48. The van der Waals surface area contributed by atoms with Crippen LogP contribution in [-0.4, -0.2) is 24.4 Å². The van der Waals surface area contributed by atoms with E-state index in [4.69, 9.17) is 9.84 Å². The molecule has 0 spiro atoms. The molecular weight excluding hydrogens is 218 g/mol. The quantitative estimate of drug-likeness (QED) is 0.823. The van der Waals surface area contributed by atoms with Gasteiger partial charge in [0.1, 0.15) is 6.61 Å². The fraction of sp³-hybridized carbons (Fsp3) is 0.462. The van der Waals surface area contributed by atoms with Gasteiger partial charge in [-0.1, -0.05) is 31.2 Å². The van der Waals surface area contributed by atoms with Crippen LogP contribution in [0.5, 0.6) is 0 Å². The summed E-state index contributed by atoms with van der Waals surface area (Å²) in [5.74, 6) is 0. The Labute approximate surface area is 102 Å². The number of carbonyl (C=O) groups excluding carboxylic acids is 1. The third-order valence-electron chi connectivity index (χ3n) is 2.55. The Morgan fingerprint density at radius 2 is 2.06 bits per heavy atom. The average molecular weight is 237 g/mol. The molecule has 0 bridgehead atoms. The zero-order valence-corrected chi connectivity index (χ0v) is 10.3. The average Bonchev–Trinajstić information content (AvgIpc) is 2.36. The molecule has 94 valence electrons. The summed E-state index contributed by atoms with van der Waals surface area (Å²) in [5, 5.41) is 11.2. The molecule has 0 saturated heterocycles. The van der Waals surface area contributed by atoms with Crippen molar-refractivity contribution in [2.45, 2.75) is 26.3 Å². The molecule has 0 aliphatic carbocycles. The second-order valence-corrected chi connectivity index (χ2v) is 3.82. The van der Waals surface area contributed by atoms with Crippen molar-refractivity contribution in [3.05, 3.63) is 35.4 Å². The van der Waals surface area contributed by atoms with Gasteiger partial charge in [0.25, 0.3) is 0 Å². The SMILES string of the molecule is CCc1ccc(C(C)NC(=O)OCCO)cc1. The van der Waals surface area contributed by atoms with Gasteiger partial charge in [0, 0.05) is 0 Å². The van der Waals surface area contributed by atoms with Crippen LogP contribution in [0.4, 0.5) is 4.79 Å². The summed E-state index contributed by atoms with van der Waals surface area (Å²) in [6, 6.07) is 7.98. The first-order valence-electron chi connectivity index (χ1n) is 5.80. The topological polar surface area (TPSA) is 58.6 Å². The molecule has 2 N–H and O–H groups in total. The molecule has 0 heterocycles. The number of aliphatic hydroxyl groups excluding tert-OH is 1. The Bertz CT molecular complexity index is 348. The molecule has 1 atom stereocenters. The molecule has 1 amide bonds. The predicted octanol–water partition coefficient (Wildman–Crippen LogP) is 2.03. The highest BCUT2D eigenvalue weighted by Crippen LogP contribution is 2.13. The van der Waals surface area contributed by atoms with Crippen molar-refractivity contribution in [2.75, 3.05) is 13.2 Å². The second-order valence-electron chi connectivity index (χ2n) is 3.82. The van der Waals surface area contributed by atoms with Gasteiger partial charge in [0.05, 0.1) is 12.6 Å². The molecule has 0 saturated carbocycles. The van der Waals surface area contributed by atoms with Crippen molar-refractivity contribution >= 4 is 6.09 Å². The maximum Gasteiger partial charge on any atom is 0.407 e. The highest BCUT2D eigenvalue weighted by atomic mass is 16.6. The molecule has 4 heteroatoms. The van der Waals surface area contributed by atoms with Crippen LogP contribution in [0.3, 0.4) is 0 Å². The maximum absolute atomic E-state index is 11.3. The third kappa shape index (κ3) is 4.44. The molecule has 0 aliphatic heterocycles. The number of benzene rings is 1. The molecule has 0 aliphatic rings. The number of hydrogen-bond donors (Lipinski definition) is 2. The Kier molecular flexibility index (Phi) is 5.49. The molecule has 1 aromatic carbocycles. The zero-order valence-electron chi connectivity index (χ0n) is 10.3. The van der Waals surface area contributed by atoms with Gasteiger partial charge in [-0.05, 0) is 24.5 Å². The lowest BCUT2D eigenvalue weighted by Crippen LogP contribution is -2.28. The monoisotopic (exact) mass is 237 g/mol. The highest BCUT2D eigenvalue weighted by Gasteiger charge is 2.09. The van der Waals surface area contributed by atoms with Crippen molar-refractivity contribution < 1.29 is 14.6 Å². The zero-order chi connectivity index (χ0) is 12.7. The molecular formula is C13H19NO3. The first-order valence-corrected chi connectivity index (χ1v) is 5.80. The molecule has 0 aromatic heterocycles. The summed E-state index contributed by atoms with van der Waals surface area (Å²) in [6.45, 7) is 3.85. The predicted molar refractivity (Wildman–Crippen MR) is 65.8 cm³/mol. The van der Waals surface area contributed by atoms with Crippen LogP contribution in [0.1, 0.15) is 31.0 Å². The van der Waals surface area contributed by atoms with Gasteiger partial charge < -0.3 is 15.2 Å². The third-order valence-corrected chi connectivity index (χ3v) is 2.55. The molecule has 0 fully saturated rings. The van der Waals surface area contributed by atoms with E-state index in [0.29, 0.717) is 0 Å². The van der Waals surface area contributed by atoms with E-state index in [1.165, 1.54) is 5.56 Å². The van der Waals surface area contributed by atoms with Crippen molar-refractivity contribution in [1.82, 2.24) is 5.32 Å². The Morgan fingerprint density at radius 3 is 2.59 bits per heavy atom. The molecule has 17 heavy (non-hydrogen) atoms. The van der Waals surface area contributed by atoms with Gasteiger partial charge in [-0.25, -0.2) is 4.79 Å². The van der Waals surface area contributed by atoms with Crippen molar-refractivity contribution in [2.24, 2.45) is 0 Å². The summed E-state index contributed by atoms with van der Waals surface area (Å²) in [6.07, 6.45) is 0.492. The Hall–Kier alpha value is -1.55. The minimum Gasteiger partial charge on any atom is -0.447 e. The van der Waals surface area contributed by atoms with Crippen LogP contribution in [0.25, 0.3) is 0 Å². The first kappa shape index (κ1) is 13.5. The van der Waals surface area contributed by atoms with Gasteiger partial charge in [-0.15, -0.1) is 0 Å². The van der Waals surface area contributed by atoms with E-state index in [0.717, 1.165) is 12.0 Å². The van der Waals surface area contributed by atoms with E-state index >= 15 is 0 Å². The van der Waals surface area contributed by atoms with E-state index in [2.05, 4.69) is 12.2 Å². The van der Waals surface area contributed by atoms with Gasteiger partial charge in [0.2, 0.25) is 0 Å².